The van der Waals surface area contributed by atoms with Crippen LogP contribution in [-0.4, -0.2) is 32.5 Å². The van der Waals surface area contributed by atoms with Gasteiger partial charge in [0.25, 0.3) is 0 Å². The van der Waals surface area contributed by atoms with E-state index in [9.17, 15) is 5.11 Å². The van der Waals surface area contributed by atoms with Gasteiger partial charge >= 0.3 is 0 Å². The molecule has 0 spiro atoms. The van der Waals surface area contributed by atoms with Crippen molar-refractivity contribution in [1.82, 2.24) is 0 Å². The third-order valence-corrected chi connectivity index (χ3v) is 3.13. The fourth-order valence-electron chi connectivity index (χ4n) is 2.28. The Kier molecular flexibility index (Phi) is 3.31. The molecule has 88 valence electrons. The second kappa shape index (κ2) is 4.72. The fraction of sp³-hybridized carbons (Fsp3) is 0.500. The van der Waals surface area contributed by atoms with Crippen LogP contribution in [0.4, 0.5) is 0 Å². The van der Waals surface area contributed by atoms with E-state index >= 15 is 0 Å². The SMILES string of the molecule is C[NH2+][C@H]1c2cccc(OC)c2OC[C@@H]1CO. The van der Waals surface area contributed by atoms with E-state index in [0.717, 1.165) is 17.1 Å². The van der Waals surface area contributed by atoms with E-state index in [2.05, 4.69) is 5.32 Å². The molecule has 2 atom stereocenters. The highest BCUT2D eigenvalue weighted by atomic mass is 16.5. The molecule has 1 aromatic rings. The average molecular weight is 224 g/mol. The number of aliphatic hydroxyl groups excluding tert-OH is 1. The summed E-state index contributed by atoms with van der Waals surface area (Å²) in [6.07, 6.45) is 0. The minimum Gasteiger partial charge on any atom is -0.493 e. The minimum atomic E-state index is 0.143. The van der Waals surface area contributed by atoms with Gasteiger partial charge in [0.15, 0.2) is 11.5 Å². The summed E-state index contributed by atoms with van der Waals surface area (Å²) in [5.74, 6) is 1.73. The molecule has 0 aliphatic carbocycles. The van der Waals surface area contributed by atoms with Crippen molar-refractivity contribution in [2.24, 2.45) is 5.92 Å². The highest BCUT2D eigenvalue weighted by molar-refractivity contribution is 5.48. The van der Waals surface area contributed by atoms with Crippen LogP contribution in [-0.2, 0) is 0 Å². The highest BCUT2D eigenvalue weighted by Gasteiger charge is 2.33. The highest BCUT2D eigenvalue weighted by Crippen LogP contribution is 2.39. The number of benzene rings is 1. The molecule has 0 amide bonds. The van der Waals surface area contributed by atoms with Crippen molar-refractivity contribution in [2.45, 2.75) is 6.04 Å². The second-order valence-electron chi connectivity index (χ2n) is 3.99. The van der Waals surface area contributed by atoms with Gasteiger partial charge in [0.1, 0.15) is 6.04 Å². The van der Waals surface area contributed by atoms with Crippen LogP contribution < -0.4 is 14.8 Å². The number of hydrogen-bond acceptors (Lipinski definition) is 3. The normalized spacial score (nSPS) is 23.4. The van der Waals surface area contributed by atoms with Crippen molar-refractivity contribution in [3.63, 3.8) is 0 Å². The Morgan fingerprint density at radius 1 is 1.56 bits per heavy atom. The molecule has 0 aromatic heterocycles. The molecular formula is C12H18NO3+. The second-order valence-corrected chi connectivity index (χ2v) is 3.99. The third-order valence-electron chi connectivity index (χ3n) is 3.13. The first kappa shape index (κ1) is 11.2. The molecule has 0 saturated heterocycles. The molecule has 1 aliphatic rings. The summed E-state index contributed by atoms with van der Waals surface area (Å²) in [6.45, 7) is 0.685. The molecule has 1 aromatic carbocycles. The van der Waals surface area contributed by atoms with Gasteiger partial charge in [-0.1, -0.05) is 6.07 Å². The van der Waals surface area contributed by atoms with Crippen LogP contribution in [0, 0.1) is 5.92 Å². The molecule has 4 nitrogen and oxygen atoms in total. The monoisotopic (exact) mass is 224 g/mol. The smallest absolute Gasteiger partial charge is 0.170 e. The Balaban J connectivity index is 2.41. The van der Waals surface area contributed by atoms with E-state index in [1.54, 1.807) is 7.11 Å². The first-order chi connectivity index (χ1) is 7.81. The molecular weight excluding hydrogens is 206 g/mol. The molecule has 1 aliphatic heterocycles. The number of hydrogen-bond donors (Lipinski definition) is 2. The van der Waals surface area contributed by atoms with E-state index in [-0.39, 0.29) is 18.6 Å². The summed E-state index contributed by atoms with van der Waals surface area (Å²) >= 11 is 0. The van der Waals surface area contributed by atoms with Crippen molar-refractivity contribution in [3.05, 3.63) is 23.8 Å². The van der Waals surface area contributed by atoms with Gasteiger partial charge < -0.3 is 19.9 Å². The standard InChI is InChI=1S/C12H17NO3/c1-13-11-8(6-14)7-16-12-9(11)4-3-5-10(12)15-2/h3-5,8,11,13-14H,6-7H2,1-2H3/p+1/t8-,11+/m0/s1. The van der Waals surface area contributed by atoms with Crippen LogP contribution >= 0.6 is 0 Å². The first-order valence-electron chi connectivity index (χ1n) is 5.51. The van der Waals surface area contributed by atoms with Gasteiger partial charge in [-0.25, -0.2) is 0 Å². The van der Waals surface area contributed by atoms with Gasteiger partial charge in [-0.2, -0.15) is 0 Å². The lowest BCUT2D eigenvalue weighted by molar-refractivity contribution is -0.679. The molecule has 0 bridgehead atoms. The largest absolute Gasteiger partial charge is 0.493 e. The Morgan fingerprint density at radius 2 is 2.38 bits per heavy atom. The zero-order chi connectivity index (χ0) is 11.5. The number of rotatable bonds is 3. The van der Waals surface area contributed by atoms with Crippen LogP contribution in [0.5, 0.6) is 11.5 Å². The summed E-state index contributed by atoms with van der Waals surface area (Å²) in [5, 5.41) is 11.4. The Bertz CT molecular complexity index is 367. The van der Waals surface area contributed by atoms with E-state index in [1.807, 2.05) is 25.2 Å². The number of aliphatic hydroxyl groups is 1. The van der Waals surface area contributed by atoms with E-state index in [0.29, 0.717) is 6.61 Å². The quantitative estimate of drug-likeness (QED) is 0.755. The molecule has 2 rings (SSSR count). The van der Waals surface area contributed by atoms with Gasteiger partial charge in [0.2, 0.25) is 0 Å². The van der Waals surface area contributed by atoms with Gasteiger partial charge in [0.05, 0.1) is 38.9 Å². The fourth-order valence-corrected chi connectivity index (χ4v) is 2.28. The predicted molar refractivity (Wildman–Crippen MR) is 59.7 cm³/mol. The Labute approximate surface area is 95.2 Å². The van der Waals surface area contributed by atoms with Crippen molar-refractivity contribution in [2.75, 3.05) is 27.4 Å². The number of methoxy groups -OCH3 is 1. The Morgan fingerprint density at radius 3 is 3.00 bits per heavy atom. The summed E-state index contributed by atoms with van der Waals surface area (Å²) in [7, 11) is 3.66. The van der Waals surface area contributed by atoms with Crippen LogP contribution in [0.2, 0.25) is 0 Å². The van der Waals surface area contributed by atoms with Crippen LogP contribution in [0.1, 0.15) is 11.6 Å². The molecule has 0 saturated carbocycles. The molecule has 0 fully saturated rings. The van der Waals surface area contributed by atoms with Gasteiger partial charge in [-0.05, 0) is 12.1 Å². The summed E-state index contributed by atoms with van der Waals surface area (Å²) in [6, 6.07) is 6.12. The molecule has 3 N–H and O–H groups in total. The minimum absolute atomic E-state index is 0.143. The van der Waals surface area contributed by atoms with Gasteiger partial charge in [-0.3, -0.25) is 0 Å². The topological polar surface area (TPSA) is 55.3 Å². The van der Waals surface area contributed by atoms with Crippen LogP contribution in [0.3, 0.4) is 0 Å². The zero-order valence-corrected chi connectivity index (χ0v) is 9.64. The average Bonchev–Trinajstić information content (AvgIpc) is 2.36. The maximum absolute atomic E-state index is 9.31. The lowest BCUT2D eigenvalue weighted by Gasteiger charge is -2.30. The lowest BCUT2D eigenvalue weighted by Crippen LogP contribution is -2.83. The van der Waals surface area contributed by atoms with Crippen LogP contribution in [0.15, 0.2) is 18.2 Å². The van der Waals surface area contributed by atoms with Crippen molar-refractivity contribution in [3.8, 4) is 11.5 Å². The summed E-state index contributed by atoms with van der Waals surface area (Å²) < 4.78 is 10.9. The predicted octanol–water partition coefficient (Wildman–Crippen LogP) is -0.0696. The maximum Gasteiger partial charge on any atom is 0.170 e. The van der Waals surface area contributed by atoms with Gasteiger partial charge in [-0.15, -0.1) is 0 Å². The van der Waals surface area contributed by atoms with Crippen molar-refractivity contribution < 1.29 is 19.9 Å². The van der Waals surface area contributed by atoms with Gasteiger partial charge in [0, 0.05) is 0 Å². The first-order valence-corrected chi connectivity index (χ1v) is 5.51. The Hall–Kier alpha value is -1.26. The van der Waals surface area contributed by atoms with Crippen molar-refractivity contribution in [1.29, 1.82) is 0 Å². The third kappa shape index (κ3) is 1.74. The molecule has 0 radical (unpaired) electrons. The zero-order valence-electron chi connectivity index (χ0n) is 9.64. The summed E-state index contributed by atoms with van der Waals surface area (Å²) in [5.41, 5.74) is 1.10. The number of quaternary nitrogens is 1. The molecule has 0 unspecified atom stereocenters. The van der Waals surface area contributed by atoms with E-state index in [4.69, 9.17) is 9.47 Å². The van der Waals surface area contributed by atoms with Crippen LogP contribution in [0.25, 0.3) is 0 Å². The number of nitrogens with two attached hydrogens (primary N) is 1. The van der Waals surface area contributed by atoms with E-state index < -0.39 is 0 Å². The number of para-hydroxylation sites is 1. The molecule has 1 heterocycles. The summed E-state index contributed by atoms with van der Waals surface area (Å²) in [4.78, 5) is 0. The maximum atomic E-state index is 9.31. The molecule has 4 heteroatoms. The van der Waals surface area contributed by atoms with Crippen molar-refractivity contribution >= 4 is 0 Å². The number of ether oxygens (including phenoxy) is 2. The lowest BCUT2D eigenvalue weighted by atomic mass is 9.91. The molecule has 16 heavy (non-hydrogen) atoms. The van der Waals surface area contributed by atoms with E-state index in [1.165, 1.54) is 0 Å². The number of fused-ring (bicyclic) bond motifs is 1.